The second kappa shape index (κ2) is 8.25. The molecule has 5 heterocycles. The summed E-state index contributed by atoms with van der Waals surface area (Å²) in [6.07, 6.45) is 2.37. The Balaban J connectivity index is 1.18. The Morgan fingerprint density at radius 3 is 2.55 bits per heavy atom. The highest BCUT2D eigenvalue weighted by Crippen LogP contribution is 2.31. The van der Waals surface area contributed by atoms with Crippen LogP contribution >= 0.6 is 11.3 Å². The number of aromatic nitrogens is 2. The topological polar surface area (TPSA) is 79.8 Å². The van der Waals surface area contributed by atoms with E-state index >= 15 is 0 Å². The Kier molecular flexibility index (Phi) is 5.34. The molecule has 1 N–H and O–H groups in total. The third kappa shape index (κ3) is 4.22. The average Bonchev–Trinajstić information content (AvgIpc) is 3.24. The van der Waals surface area contributed by atoms with Crippen LogP contribution in [0.2, 0.25) is 0 Å². The molecule has 0 saturated carbocycles. The largest absolute Gasteiger partial charge is 0.430 e. The highest BCUT2D eigenvalue weighted by molar-refractivity contribution is 7.17. The van der Waals surface area contributed by atoms with Gasteiger partial charge in [0.25, 0.3) is 5.91 Å². The highest BCUT2D eigenvalue weighted by atomic mass is 32.1. The van der Waals surface area contributed by atoms with Crippen LogP contribution in [0.5, 0.6) is 10.9 Å². The lowest BCUT2D eigenvalue weighted by molar-refractivity contribution is 0.0620. The van der Waals surface area contributed by atoms with E-state index in [0.717, 1.165) is 24.8 Å². The van der Waals surface area contributed by atoms with E-state index in [2.05, 4.69) is 25.3 Å². The summed E-state index contributed by atoms with van der Waals surface area (Å²) in [5, 5.41) is 12.9. The maximum Gasteiger partial charge on any atom is 0.301 e. The molecule has 0 spiro atoms. The van der Waals surface area contributed by atoms with Crippen molar-refractivity contribution in [3.05, 3.63) is 29.8 Å². The van der Waals surface area contributed by atoms with E-state index in [-0.39, 0.29) is 11.9 Å². The molecule has 154 valence electrons. The zero-order chi connectivity index (χ0) is 19.6. The van der Waals surface area contributed by atoms with Crippen molar-refractivity contribution < 1.29 is 14.3 Å². The number of fused-ring (bicyclic) bond motifs is 3. The van der Waals surface area contributed by atoms with Crippen LogP contribution in [0.3, 0.4) is 0 Å². The number of morpholine rings is 1. The number of benzene rings is 1. The first-order chi connectivity index (χ1) is 14.2. The molecule has 4 saturated heterocycles. The van der Waals surface area contributed by atoms with E-state index in [1.54, 1.807) is 24.3 Å². The minimum absolute atomic E-state index is 0.0131. The van der Waals surface area contributed by atoms with E-state index < -0.39 is 0 Å². The first-order valence-corrected chi connectivity index (χ1v) is 11.0. The molecule has 2 aromatic rings. The van der Waals surface area contributed by atoms with Gasteiger partial charge in [-0.2, -0.15) is 0 Å². The Morgan fingerprint density at radius 1 is 1.10 bits per heavy atom. The zero-order valence-electron chi connectivity index (χ0n) is 16.2. The lowest BCUT2D eigenvalue weighted by atomic mass is 9.84. The molecule has 4 aliphatic rings. The van der Waals surface area contributed by atoms with Crippen LogP contribution < -0.4 is 15.0 Å². The van der Waals surface area contributed by atoms with Crippen molar-refractivity contribution in [3.63, 3.8) is 0 Å². The number of piperidine rings is 3. The summed E-state index contributed by atoms with van der Waals surface area (Å²) in [4.78, 5) is 17.2. The van der Waals surface area contributed by atoms with Crippen LogP contribution in [-0.2, 0) is 4.74 Å². The predicted molar refractivity (Wildman–Crippen MR) is 110 cm³/mol. The second-order valence-electron chi connectivity index (χ2n) is 7.79. The quantitative estimate of drug-likeness (QED) is 0.800. The van der Waals surface area contributed by atoms with E-state index in [1.807, 2.05) is 0 Å². The summed E-state index contributed by atoms with van der Waals surface area (Å²) in [7, 11) is 0. The van der Waals surface area contributed by atoms with Crippen molar-refractivity contribution in [2.24, 2.45) is 5.92 Å². The smallest absolute Gasteiger partial charge is 0.301 e. The van der Waals surface area contributed by atoms with Gasteiger partial charge in [0.1, 0.15) is 5.75 Å². The molecular formula is C20H25N5O3S. The number of rotatable bonds is 5. The van der Waals surface area contributed by atoms with Crippen molar-refractivity contribution in [1.82, 2.24) is 20.4 Å². The molecule has 1 amide bonds. The summed E-state index contributed by atoms with van der Waals surface area (Å²) in [6, 6.07) is 7.48. The van der Waals surface area contributed by atoms with Gasteiger partial charge in [-0.05, 0) is 67.5 Å². The first-order valence-electron chi connectivity index (χ1n) is 10.2. The molecule has 0 radical (unpaired) electrons. The number of amides is 1. The molecule has 1 atom stereocenters. The summed E-state index contributed by atoms with van der Waals surface area (Å²) in [5.41, 5.74) is 0.653. The Morgan fingerprint density at radius 2 is 1.86 bits per heavy atom. The van der Waals surface area contributed by atoms with Gasteiger partial charge in [0.05, 0.1) is 13.2 Å². The van der Waals surface area contributed by atoms with Gasteiger partial charge < -0.3 is 24.6 Å². The fourth-order valence-corrected chi connectivity index (χ4v) is 5.05. The maximum atomic E-state index is 12.6. The summed E-state index contributed by atoms with van der Waals surface area (Å²) in [6.45, 7) is 6.36. The van der Waals surface area contributed by atoms with Gasteiger partial charge >= 0.3 is 5.19 Å². The molecule has 29 heavy (non-hydrogen) atoms. The van der Waals surface area contributed by atoms with Gasteiger partial charge in [0.2, 0.25) is 5.13 Å². The van der Waals surface area contributed by atoms with Gasteiger partial charge in [-0.15, -0.1) is 5.10 Å². The van der Waals surface area contributed by atoms with Crippen LogP contribution in [0, 0.1) is 5.92 Å². The third-order valence-electron chi connectivity index (χ3n) is 5.97. The molecule has 6 rings (SSSR count). The van der Waals surface area contributed by atoms with Crippen LogP contribution in [0.1, 0.15) is 23.2 Å². The standard InChI is InChI=1S/C20H25N5O3S/c26-18(21-17-13-24-7-5-14(17)6-8-24)15-1-3-16(4-2-15)28-20-23-22-19(29-20)25-9-11-27-12-10-25/h1-4,14,17H,5-13H2,(H,21,26)/t17-/m0/s1. The monoisotopic (exact) mass is 415 g/mol. The molecule has 4 aliphatic heterocycles. The molecule has 8 nitrogen and oxygen atoms in total. The average molecular weight is 416 g/mol. The lowest BCUT2D eigenvalue weighted by Crippen LogP contribution is -2.57. The number of hydrogen-bond donors (Lipinski definition) is 1. The number of carbonyl (C=O) groups is 1. The van der Waals surface area contributed by atoms with Gasteiger partial charge in [-0.3, -0.25) is 4.79 Å². The molecule has 2 bridgehead atoms. The molecule has 0 unspecified atom stereocenters. The molecule has 4 fully saturated rings. The van der Waals surface area contributed by atoms with E-state index in [9.17, 15) is 4.79 Å². The van der Waals surface area contributed by atoms with E-state index in [1.165, 1.54) is 37.3 Å². The SMILES string of the molecule is O=C(N[C@H]1CN2CCC1CC2)c1ccc(Oc2nnc(N3CCOCC3)s2)cc1. The second-order valence-corrected chi connectivity index (χ2v) is 8.71. The number of nitrogens with zero attached hydrogens (tertiary/aromatic N) is 4. The van der Waals surface area contributed by atoms with Crippen LogP contribution in [0.15, 0.2) is 24.3 Å². The fraction of sp³-hybridized carbons (Fsp3) is 0.550. The van der Waals surface area contributed by atoms with Crippen molar-refractivity contribution in [2.45, 2.75) is 18.9 Å². The molecule has 1 aromatic heterocycles. The van der Waals surface area contributed by atoms with E-state index in [4.69, 9.17) is 9.47 Å². The van der Waals surface area contributed by atoms with Gasteiger partial charge in [0.15, 0.2) is 0 Å². The maximum absolute atomic E-state index is 12.6. The highest BCUT2D eigenvalue weighted by Gasteiger charge is 2.34. The predicted octanol–water partition coefficient (Wildman–Crippen LogP) is 1.99. The lowest BCUT2D eigenvalue weighted by Gasteiger charge is -2.44. The normalized spacial score (nSPS) is 26.3. The van der Waals surface area contributed by atoms with Crippen LogP contribution in [0.4, 0.5) is 5.13 Å². The van der Waals surface area contributed by atoms with Crippen molar-refractivity contribution in [3.8, 4) is 10.9 Å². The van der Waals surface area contributed by atoms with Gasteiger partial charge in [0, 0.05) is 31.2 Å². The summed E-state index contributed by atoms with van der Waals surface area (Å²) in [5.74, 6) is 1.25. The van der Waals surface area contributed by atoms with Crippen LogP contribution in [-0.4, -0.2) is 73.0 Å². The van der Waals surface area contributed by atoms with Crippen molar-refractivity contribution in [2.75, 3.05) is 50.8 Å². The summed E-state index contributed by atoms with van der Waals surface area (Å²) < 4.78 is 11.2. The van der Waals surface area contributed by atoms with Gasteiger partial charge in [-0.25, -0.2) is 0 Å². The minimum Gasteiger partial charge on any atom is -0.430 e. The van der Waals surface area contributed by atoms with Crippen molar-refractivity contribution in [1.29, 1.82) is 0 Å². The minimum atomic E-state index is -0.0131. The first kappa shape index (κ1) is 18.8. The van der Waals surface area contributed by atoms with E-state index in [0.29, 0.717) is 35.6 Å². The van der Waals surface area contributed by atoms with Crippen LogP contribution in [0.25, 0.3) is 0 Å². The Bertz CT molecular complexity index is 844. The Labute approximate surface area is 173 Å². The number of hydrogen-bond acceptors (Lipinski definition) is 8. The molecular weight excluding hydrogens is 390 g/mol. The zero-order valence-corrected chi connectivity index (χ0v) is 17.1. The number of carbonyl (C=O) groups excluding carboxylic acids is 1. The van der Waals surface area contributed by atoms with Crippen molar-refractivity contribution >= 4 is 22.4 Å². The number of anilines is 1. The third-order valence-corrected chi connectivity index (χ3v) is 6.83. The number of ether oxygens (including phenoxy) is 2. The molecule has 1 aromatic carbocycles. The summed E-state index contributed by atoms with van der Waals surface area (Å²) >= 11 is 1.42. The Hall–Kier alpha value is -2.23. The molecule has 0 aliphatic carbocycles. The van der Waals surface area contributed by atoms with Gasteiger partial charge in [-0.1, -0.05) is 5.10 Å². The molecule has 9 heteroatoms. The fourth-order valence-electron chi connectivity index (χ4n) is 4.28. The number of nitrogens with one attached hydrogen (secondary N) is 1.